The molecule has 1 aliphatic rings. The number of rotatable bonds is 10. The summed E-state index contributed by atoms with van der Waals surface area (Å²) in [7, 11) is 0. The van der Waals surface area contributed by atoms with Crippen molar-refractivity contribution in [1.82, 2.24) is 9.97 Å². The van der Waals surface area contributed by atoms with Gasteiger partial charge in [-0.3, -0.25) is 4.98 Å². The average molecular weight is 465 g/mol. The summed E-state index contributed by atoms with van der Waals surface area (Å²) in [6, 6.07) is 10.2. The molecule has 1 aromatic carbocycles. The molecule has 0 radical (unpaired) electrons. The molecule has 1 fully saturated rings. The van der Waals surface area contributed by atoms with Crippen LogP contribution in [0.1, 0.15) is 55.8 Å². The van der Waals surface area contributed by atoms with Crippen LogP contribution >= 0.6 is 11.3 Å². The molecule has 4 rings (SSSR count). The molecule has 0 amide bonds. The smallest absolute Gasteiger partial charge is 0.158 e. The predicted molar refractivity (Wildman–Crippen MR) is 136 cm³/mol. The number of benzene rings is 1. The maximum Gasteiger partial charge on any atom is 0.158 e. The lowest BCUT2D eigenvalue weighted by molar-refractivity contribution is -0.193. The summed E-state index contributed by atoms with van der Waals surface area (Å²) in [5.41, 5.74) is 3.18. The predicted octanol–water partition coefficient (Wildman–Crippen LogP) is 6.68. The van der Waals surface area contributed by atoms with E-state index < -0.39 is 0 Å². The second-order valence-electron chi connectivity index (χ2n) is 8.11. The fraction of sp³-hybridized carbons (Fsp3) is 0.407. The molecule has 0 saturated carbocycles. The molecule has 6 heteroatoms. The van der Waals surface area contributed by atoms with Gasteiger partial charge in [0, 0.05) is 18.5 Å². The lowest BCUT2D eigenvalue weighted by Crippen LogP contribution is -2.31. The highest BCUT2D eigenvalue weighted by atomic mass is 32.1. The van der Waals surface area contributed by atoms with Crippen molar-refractivity contribution in [1.29, 1.82) is 0 Å². The van der Waals surface area contributed by atoms with Gasteiger partial charge in [0.05, 0.1) is 16.3 Å². The van der Waals surface area contributed by atoms with Crippen molar-refractivity contribution in [3.63, 3.8) is 0 Å². The summed E-state index contributed by atoms with van der Waals surface area (Å²) in [4.78, 5) is 9.12. The third-order valence-electron chi connectivity index (χ3n) is 5.60. The minimum atomic E-state index is -0.0911. The first-order chi connectivity index (χ1) is 16.2. The molecule has 2 atom stereocenters. The number of ether oxygens (including phenoxy) is 3. The molecule has 3 heterocycles. The maximum absolute atomic E-state index is 6.08. The standard InChI is InChI=1S/C27H32N2O3S/c1-3-21-13-12-20(18-28-21)9-5-6-10-26-29-24-15-14-23(17-25(24)33-26)31-19-22(4-2)32-27-11-7-8-16-30-27/h5-6,9-10,12-15,17-18,22,27H,3-4,7-8,11,16,19H2,1-2H3/b9-5+,10-6+. The number of hydrogen-bond acceptors (Lipinski definition) is 6. The van der Waals surface area contributed by atoms with Gasteiger partial charge in [0.1, 0.15) is 17.4 Å². The molecule has 1 saturated heterocycles. The van der Waals surface area contributed by atoms with Gasteiger partial charge in [0.15, 0.2) is 6.29 Å². The Hall–Kier alpha value is -2.54. The van der Waals surface area contributed by atoms with Gasteiger partial charge in [-0.05, 0) is 68.0 Å². The first-order valence-electron chi connectivity index (χ1n) is 11.8. The zero-order chi connectivity index (χ0) is 22.9. The van der Waals surface area contributed by atoms with Crippen molar-refractivity contribution >= 4 is 33.7 Å². The van der Waals surface area contributed by atoms with E-state index >= 15 is 0 Å². The highest BCUT2D eigenvalue weighted by Crippen LogP contribution is 2.27. The minimum absolute atomic E-state index is 0.0314. The Morgan fingerprint density at radius 3 is 2.82 bits per heavy atom. The monoisotopic (exact) mass is 464 g/mol. The van der Waals surface area contributed by atoms with Crippen molar-refractivity contribution < 1.29 is 14.2 Å². The van der Waals surface area contributed by atoms with Crippen molar-refractivity contribution in [2.75, 3.05) is 13.2 Å². The lowest BCUT2D eigenvalue weighted by Gasteiger charge is -2.27. The minimum Gasteiger partial charge on any atom is -0.491 e. The molecular weight excluding hydrogens is 432 g/mol. The number of thiazole rings is 1. The molecular formula is C27H32N2O3S. The van der Waals surface area contributed by atoms with Gasteiger partial charge >= 0.3 is 0 Å². The molecule has 2 aromatic heterocycles. The van der Waals surface area contributed by atoms with Gasteiger partial charge < -0.3 is 14.2 Å². The van der Waals surface area contributed by atoms with Crippen molar-refractivity contribution in [2.24, 2.45) is 0 Å². The van der Waals surface area contributed by atoms with Crippen LogP contribution in [0, 0.1) is 0 Å². The second kappa shape index (κ2) is 12.1. The number of hydrogen-bond donors (Lipinski definition) is 0. The summed E-state index contributed by atoms with van der Waals surface area (Å²) < 4.78 is 18.9. The Kier molecular flexibility index (Phi) is 8.64. The summed E-state index contributed by atoms with van der Waals surface area (Å²) in [6.07, 6.45) is 15.1. The largest absolute Gasteiger partial charge is 0.491 e. The molecule has 3 aromatic rings. The van der Waals surface area contributed by atoms with Crippen LogP contribution in [0.3, 0.4) is 0 Å². The topological polar surface area (TPSA) is 53.5 Å². The Morgan fingerprint density at radius 1 is 1.15 bits per heavy atom. The van der Waals surface area contributed by atoms with Crippen molar-refractivity contribution in [2.45, 2.75) is 58.3 Å². The van der Waals surface area contributed by atoms with E-state index in [9.17, 15) is 0 Å². The van der Waals surface area contributed by atoms with Crippen LogP contribution in [0.4, 0.5) is 0 Å². The Labute approximate surface area is 200 Å². The Bertz CT molecular complexity index is 1070. The van der Waals surface area contributed by atoms with E-state index in [1.54, 1.807) is 11.3 Å². The normalized spacial score (nSPS) is 17.8. The van der Waals surface area contributed by atoms with E-state index in [1.807, 2.05) is 42.6 Å². The molecule has 174 valence electrons. The first-order valence-corrected chi connectivity index (χ1v) is 12.6. The molecule has 0 bridgehead atoms. The molecule has 33 heavy (non-hydrogen) atoms. The molecule has 0 aliphatic carbocycles. The highest BCUT2D eigenvalue weighted by molar-refractivity contribution is 7.19. The van der Waals surface area contributed by atoms with Crippen LogP contribution in [0.25, 0.3) is 22.4 Å². The summed E-state index contributed by atoms with van der Waals surface area (Å²) in [5, 5.41) is 0.968. The number of fused-ring (bicyclic) bond motifs is 1. The SMILES string of the molecule is CCc1ccc(/C=C/C=C/c2nc3ccc(OCC(CC)OC4CCCCO4)cc3s2)cn1. The van der Waals surface area contributed by atoms with Crippen LogP contribution in [0.2, 0.25) is 0 Å². The summed E-state index contributed by atoms with van der Waals surface area (Å²) in [6.45, 7) is 5.54. The molecule has 0 N–H and O–H groups in total. The van der Waals surface area contributed by atoms with Gasteiger partial charge in [-0.25, -0.2) is 4.98 Å². The van der Waals surface area contributed by atoms with Gasteiger partial charge in [-0.1, -0.05) is 38.1 Å². The van der Waals surface area contributed by atoms with Crippen LogP contribution < -0.4 is 4.74 Å². The van der Waals surface area contributed by atoms with Gasteiger partial charge in [0.25, 0.3) is 0 Å². The number of aryl methyl sites for hydroxylation is 1. The number of pyridine rings is 1. The number of allylic oxidation sites excluding steroid dienone is 2. The average Bonchev–Trinajstić information content (AvgIpc) is 3.27. The van der Waals surface area contributed by atoms with E-state index in [4.69, 9.17) is 19.2 Å². The molecule has 2 unspecified atom stereocenters. The zero-order valence-corrected chi connectivity index (χ0v) is 20.2. The van der Waals surface area contributed by atoms with E-state index in [1.165, 1.54) is 6.42 Å². The zero-order valence-electron chi connectivity index (χ0n) is 19.4. The fourth-order valence-electron chi connectivity index (χ4n) is 3.61. The van der Waals surface area contributed by atoms with Crippen molar-refractivity contribution in [3.8, 4) is 5.75 Å². The van der Waals surface area contributed by atoms with E-state index in [-0.39, 0.29) is 12.4 Å². The summed E-state index contributed by atoms with van der Waals surface area (Å²) in [5.74, 6) is 0.844. The van der Waals surface area contributed by atoms with Crippen LogP contribution in [-0.4, -0.2) is 35.6 Å². The maximum atomic E-state index is 6.08. The second-order valence-corrected chi connectivity index (χ2v) is 9.17. The number of aromatic nitrogens is 2. The summed E-state index contributed by atoms with van der Waals surface area (Å²) >= 11 is 1.66. The molecule has 1 aliphatic heterocycles. The van der Waals surface area contributed by atoms with Crippen LogP contribution in [-0.2, 0) is 15.9 Å². The number of nitrogens with zero attached hydrogens (tertiary/aromatic N) is 2. The lowest BCUT2D eigenvalue weighted by atomic mass is 10.2. The van der Waals surface area contributed by atoms with Crippen LogP contribution in [0.5, 0.6) is 5.75 Å². The fourth-order valence-corrected chi connectivity index (χ4v) is 4.52. The van der Waals surface area contributed by atoms with Crippen LogP contribution in [0.15, 0.2) is 48.7 Å². The third kappa shape index (κ3) is 6.97. The van der Waals surface area contributed by atoms with E-state index in [0.29, 0.717) is 6.61 Å². The molecule has 5 nitrogen and oxygen atoms in total. The van der Waals surface area contributed by atoms with Crippen molar-refractivity contribution in [3.05, 3.63) is 64.9 Å². The quantitative estimate of drug-likeness (QED) is 0.313. The van der Waals surface area contributed by atoms with Gasteiger partial charge in [0.2, 0.25) is 0 Å². The third-order valence-corrected chi connectivity index (χ3v) is 6.58. The van der Waals surface area contributed by atoms with E-state index in [2.05, 4.69) is 37.0 Å². The first kappa shape index (κ1) is 23.6. The highest BCUT2D eigenvalue weighted by Gasteiger charge is 2.19. The Balaban J connectivity index is 1.32. The van der Waals surface area contributed by atoms with E-state index in [0.717, 1.165) is 64.5 Å². The van der Waals surface area contributed by atoms with Gasteiger partial charge in [-0.2, -0.15) is 0 Å². The molecule has 0 spiro atoms. The Morgan fingerprint density at radius 2 is 2.06 bits per heavy atom. The van der Waals surface area contributed by atoms with Gasteiger partial charge in [-0.15, -0.1) is 11.3 Å².